The van der Waals surface area contributed by atoms with Gasteiger partial charge in [-0.1, -0.05) is 47.5 Å². The number of aryl methyl sites for hydroxylation is 1. The van der Waals surface area contributed by atoms with Crippen LogP contribution < -0.4 is 10.6 Å². The van der Waals surface area contributed by atoms with E-state index in [0.717, 1.165) is 11.1 Å². The fourth-order valence-corrected chi connectivity index (χ4v) is 2.58. The van der Waals surface area contributed by atoms with Gasteiger partial charge in [-0.2, -0.15) is 0 Å². The minimum Gasteiger partial charge on any atom is -0.347 e. The summed E-state index contributed by atoms with van der Waals surface area (Å²) in [7, 11) is 0. The highest BCUT2D eigenvalue weighted by molar-refractivity contribution is 6.35. The number of rotatable bonds is 5. The van der Waals surface area contributed by atoms with Crippen molar-refractivity contribution in [3.63, 3.8) is 0 Å². The van der Waals surface area contributed by atoms with E-state index in [1.807, 2.05) is 31.2 Å². The van der Waals surface area contributed by atoms with Gasteiger partial charge in [0.15, 0.2) is 0 Å². The van der Waals surface area contributed by atoms with Crippen LogP contribution in [0.5, 0.6) is 0 Å². The van der Waals surface area contributed by atoms with Gasteiger partial charge in [0.25, 0.3) is 0 Å². The van der Waals surface area contributed by atoms with E-state index in [1.165, 1.54) is 0 Å². The number of anilines is 1. The Bertz CT molecular complexity index is 712. The highest BCUT2D eigenvalue weighted by atomic mass is 35.5. The van der Waals surface area contributed by atoms with Crippen LogP contribution in [0.1, 0.15) is 11.1 Å². The maximum atomic E-state index is 11.9. The molecule has 0 aromatic heterocycles. The molecule has 0 unspecified atom stereocenters. The van der Waals surface area contributed by atoms with Gasteiger partial charge in [-0.05, 0) is 36.2 Å². The van der Waals surface area contributed by atoms with E-state index in [0.29, 0.717) is 15.7 Å². The SMILES string of the molecule is Cc1ccccc1CC(=O)NCC(=O)Nc1cc(Cl)cc(Cl)c1. The molecular weight excluding hydrogens is 335 g/mol. The summed E-state index contributed by atoms with van der Waals surface area (Å²) in [6.07, 6.45) is 0.239. The van der Waals surface area contributed by atoms with Crippen LogP contribution in [0.25, 0.3) is 0 Å². The summed E-state index contributed by atoms with van der Waals surface area (Å²) in [5.74, 6) is -0.556. The van der Waals surface area contributed by atoms with Crippen molar-refractivity contribution < 1.29 is 9.59 Å². The Labute approximate surface area is 144 Å². The fraction of sp³-hybridized carbons (Fsp3) is 0.176. The second-order valence-electron chi connectivity index (χ2n) is 5.09. The molecule has 2 aromatic carbocycles. The van der Waals surface area contributed by atoms with E-state index >= 15 is 0 Å². The van der Waals surface area contributed by atoms with Gasteiger partial charge in [-0.3, -0.25) is 9.59 Å². The summed E-state index contributed by atoms with van der Waals surface area (Å²) in [5, 5.41) is 6.08. The topological polar surface area (TPSA) is 58.2 Å². The van der Waals surface area contributed by atoms with Crippen LogP contribution in [-0.2, 0) is 16.0 Å². The molecule has 6 heteroatoms. The lowest BCUT2D eigenvalue weighted by Crippen LogP contribution is -2.33. The summed E-state index contributed by atoms with van der Waals surface area (Å²) < 4.78 is 0. The molecule has 0 saturated carbocycles. The molecule has 4 nitrogen and oxygen atoms in total. The number of benzene rings is 2. The molecule has 0 saturated heterocycles. The first-order valence-electron chi connectivity index (χ1n) is 7.01. The zero-order valence-corrected chi connectivity index (χ0v) is 14.0. The first kappa shape index (κ1) is 17.3. The summed E-state index contributed by atoms with van der Waals surface area (Å²) in [5.41, 5.74) is 2.47. The van der Waals surface area contributed by atoms with Gasteiger partial charge in [0.1, 0.15) is 0 Å². The Balaban J connectivity index is 1.84. The zero-order valence-electron chi connectivity index (χ0n) is 12.5. The maximum Gasteiger partial charge on any atom is 0.243 e. The first-order chi connectivity index (χ1) is 10.9. The van der Waals surface area contributed by atoms with Crippen molar-refractivity contribution >= 4 is 40.7 Å². The van der Waals surface area contributed by atoms with Crippen LogP contribution in [0.4, 0.5) is 5.69 Å². The minimum atomic E-state index is -0.346. The summed E-state index contributed by atoms with van der Waals surface area (Å²) in [6.45, 7) is 1.83. The molecule has 0 heterocycles. The van der Waals surface area contributed by atoms with Crippen molar-refractivity contribution in [2.24, 2.45) is 0 Å². The molecule has 0 bridgehead atoms. The normalized spacial score (nSPS) is 10.2. The second-order valence-corrected chi connectivity index (χ2v) is 5.96. The molecule has 0 atom stereocenters. The fourth-order valence-electron chi connectivity index (χ4n) is 2.05. The zero-order chi connectivity index (χ0) is 16.8. The van der Waals surface area contributed by atoms with Gasteiger partial charge in [-0.15, -0.1) is 0 Å². The number of amides is 2. The highest BCUT2D eigenvalue weighted by Gasteiger charge is 2.09. The van der Waals surface area contributed by atoms with Gasteiger partial charge < -0.3 is 10.6 Å². The Morgan fingerprint density at radius 1 is 1.00 bits per heavy atom. The van der Waals surface area contributed by atoms with Crippen molar-refractivity contribution in [3.8, 4) is 0 Å². The van der Waals surface area contributed by atoms with Crippen LogP contribution in [0.15, 0.2) is 42.5 Å². The molecule has 23 heavy (non-hydrogen) atoms. The van der Waals surface area contributed by atoms with E-state index in [2.05, 4.69) is 10.6 Å². The number of nitrogens with one attached hydrogen (secondary N) is 2. The molecule has 0 aliphatic rings. The minimum absolute atomic E-state index is 0.116. The molecule has 2 rings (SSSR count). The van der Waals surface area contributed by atoms with Crippen molar-refractivity contribution in [3.05, 3.63) is 63.6 Å². The number of halogens is 2. The lowest BCUT2D eigenvalue weighted by Gasteiger charge is -2.09. The van der Waals surface area contributed by atoms with Crippen molar-refractivity contribution in [2.45, 2.75) is 13.3 Å². The molecule has 2 aromatic rings. The van der Waals surface area contributed by atoms with Gasteiger partial charge in [0.05, 0.1) is 13.0 Å². The largest absolute Gasteiger partial charge is 0.347 e. The summed E-state index contributed by atoms with van der Waals surface area (Å²) in [6, 6.07) is 12.4. The van der Waals surface area contributed by atoms with Crippen molar-refractivity contribution in [2.75, 3.05) is 11.9 Å². The van der Waals surface area contributed by atoms with Crippen LogP contribution in [0.2, 0.25) is 10.0 Å². The van der Waals surface area contributed by atoms with Crippen molar-refractivity contribution in [1.29, 1.82) is 0 Å². The molecular formula is C17H16Cl2N2O2. The lowest BCUT2D eigenvalue weighted by atomic mass is 10.1. The second kappa shape index (κ2) is 7.99. The lowest BCUT2D eigenvalue weighted by molar-refractivity contribution is -0.123. The van der Waals surface area contributed by atoms with Gasteiger partial charge >= 0.3 is 0 Å². The van der Waals surface area contributed by atoms with E-state index in [1.54, 1.807) is 18.2 Å². The van der Waals surface area contributed by atoms with E-state index < -0.39 is 0 Å². The third kappa shape index (κ3) is 5.58. The predicted molar refractivity (Wildman–Crippen MR) is 93.0 cm³/mol. The smallest absolute Gasteiger partial charge is 0.243 e. The number of hydrogen-bond acceptors (Lipinski definition) is 2. The Morgan fingerprint density at radius 3 is 2.30 bits per heavy atom. The Hall–Kier alpha value is -2.04. The predicted octanol–water partition coefficient (Wildman–Crippen LogP) is 3.60. The third-order valence-electron chi connectivity index (χ3n) is 3.20. The Morgan fingerprint density at radius 2 is 1.65 bits per heavy atom. The Kier molecular flexibility index (Phi) is 6.02. The van der Waals surface area contributed by atoms with Crippen LogP contribution in [0.3, 0.4) is 0 Å². The third-order valence-corrected chi connectivity index (χ3v) is 3.64. The van der Waals surface area contributed by atoms with Gasteiger partial charge in [-0.25, -0.2) is 0 Å². The molecule has 0 radical (unpaired) electrons. The van der Waals surface area contributed by atoms with E-state index in [-0.39, 0.29) is 24.8 Å². The van der Waals surface area contributed by atoms with Gasteiger partial charge in [0, 0.05) is 15.7 Å². The average Bonchev–Trinajstić information content (AvgIpc) is 2.46. The van der Waals surface area contributed by atoms with Crippen LogP contribution >= 0.6 is 23.2 Å². The summed E-state index contributed by atoms with van der Waals surface area (Å²) >= 11 is 11.7. The maximum absolute atomic E-state index is 11.9. The van der Waals surface area contributed by atoms with Crippen LogP contribution in [0, 0.1) is 6.92 Å². The highest BCUT2D eigenvalue weighted by Crippen LogP contribution is 2.22. The van der Waals surface area contributed by atoms with E-state index in [9.17, 15) is 9.59 Å². The molecule has 0 fully saturated rings. The van der Waals surface area contributed by atoms with Gasteiger partial charge in [0.2, 0.25) is 11.8 Å². The summed E-state index contributed by atoms with van der Waals surface area (Å²) in [4.78, 5) is 23.7. The number of hydrogen-bond donors (Lipinski definition) is 2. The molecule has 0 aliphatic heterocycles. The monoisotopic (exact) mass is 350 g/mol. The molecule has 0 spiro atoms. The van der Waals surface area contributed by atoms with E-state index in [4.69, 9.17) is 23.2 Å². The van der Waals surface area contributed by atoms with Crippen molar-refractivity contribution in [1.82, 2.24) is 5.32 Å². The average molecular weight is 351 g/mol. The molecule has 2 amide bonds. The first-order valence-corrected chi connectivity index (χ1v) is 7.77. The standard InChI is InChI=1S/C17H16Cl2N2O2/c1-11-4-2-3-5-12(11)6-16(22)20-10-17(23)21-15-8-13(18)7-14(19)9-15/h2-5,7-9H,6,10H2,1H3,(H,20,22)(H,21,23). The molecule has 0 aliphatic carbocycles. The van der Waals surface area contributed by atoms with Crippen LogP contribution in [-0.4, -0.2) is 18.4 Å². The number of carbonyl (C=O) groups excluding carboxylic acids is 2. The quantitative estimate of drug-likeness (QED) is 0.865. The number of carbonyl (C=O) groups is 2. The molecule has 2 N–H and O–H groups in total. The molecule has 120 valence electrons.